The Morgan fingerprint density at radius 3 is 2.52 bits per heavy atom. The third-order valence-electron chi connectivity index (χ3n) is 4.11. The molecule has 0 aliphatic rings. The van der Waals surface area contributed by atoms with Crippen molar-refractivity contribution < 1.29 is 19.0 Å². The maximum absolute atomic E-state index is 12.2. The summed E-state index contributed by atoms with van der Waals surface area (Å²) in [5, 5.41) is 5.11. The minimum atomic E-state index is -0.613. The predicted molar refractivity (Wildman–Crippen MR) is 106 cm³/mol. The lowest BCUT2D eigenvalue weighted by Gasteiger charge is -2.15. The first-order valence-electron chi connectivity index (χ1n) is 8.86. The lowest BCUT2D eigenvalue weighted by molar-refractivity contribution is -0.127. The Bertz CT molecular complexity index is 909. The van der Waals surface area contributed by atoms with Crippen molar-refractivity contribution in [3.63, 3.8) is 0 Å². The van der Waals surface area contributed by atoms with Gasteiger partial charge in [0.05, 0.1) is 13.7 Å². The van der Waals surface area contributed by atoms with Gasteiger partial charge in [0.2, 0.25) is 0 Å². The van der Waals surface area contributed by atoms with Crippen LogP contribution >= 0.6 is 0 Å². The molecule has 0 spiro atoms. The van der Waals surface area contributed by atoms with E-state index in [1.54, 1.807) is 26.2 Å². The number of carbonyl (C=O) groups excluding carboxylic acids is 1. The molecule has 3 rings (SSSR count). The van der Waals surface area contributed by atoms with Crippen molar-refractivity contribution in [1.29, 1.82) is 0 Å². The zero-order valence-electron chi connectivity index (χ0n) is 15.5. The van der Waals surface area contributed by atoms with Crippen molar-refractivity contribution in [2.24, 2.45) is 0 Å². The van der Waals surface area contributed by atoms with E-state index in [-0.39, 0.29) is 5.91 Å². The zero-order chi connectivity index (χ0) is 19.1. The van der Waals surface area contributed by atoms with E-state index in [1.165, 1.54) is 5.39 Å². The molecule has 0 bridgehead atoms. The van der Waals surface area contributed by atoms with Crippen LogP contribution in [-0.4, -0.2) is 32.3 Å². The summed E-state index contributed by atoms with van der Waals surface area (Å²) in [5.74, 6) is 1.86. The van der Waals surface area contributed by atoms with Gasteiger partial charge in [0.25, 0.3) is 5.91 Å². The fourth-order valence-electron chi connectivity index (χ4n) is 2.68. The van der Waals surface area contributed by atoms with Gasteiger partial charge in [0, 0.05) is 6.07 Å². The molecule has 1 unspecified atom stereocenters. The van der Waals surface area contributed by atoms with Crippen LogP contribution in [0.2, 0.25) is 0 Å². The van der Waals surface area contributed by atoms with Gasteiger partial charge in [-0.1, -0.05) is 36.4 Å². The summed E-state index contributed by atoms with van der Waals surface area (Å²) in [5.41, 5.74) is 0. The normalized spacial score (nSPS) is 11.6. The molecule has 0 saturated carbocycles. The lowest BCUT2D eigenvalue weighted by atomic mass is 10.1. The van der Waals surface area contributed by atoms with Crippen molar-refractivity contribution >= 4 is 16.7 Å². The number of amides is 1. The van der Waals surface area contributed by atoms with E-state index < -0.39 is 6.10 Å². The van der Waals surface area contributed by atoms with Crippen molar-refractivity contribution in [2.75, 3.05) is 20.3 Å². The second kappa shape index (κ2) is 8.94. The summed E-state index contributed by atoms with van der Waals surface area (Å²) < 4.78 is 16.5. The van der Waals surface area contributed by atoms with E-state index in [2.05, 4.69) is 11.4 Å². The zero-order valence-corrected chi connectivity index (χ0v) is 15.5. The smallest absolute Gasteiger partial charge is 0.260 e. The first kappa shape index (κ1) is 18.6. The highest BCUT2D eigenvalue weighted by Crippen LogP contribution is 2.21. The molecule has 0 radical (unpaired) electrons. The number of nitrogens with one attached hydrogen (secondary N) is 1. The molecule has 27 heavy (non-hydrogen) atoms. The quantitative estimate of drug-likeness (QED) is 0.617. The van der Waals surface area contributed by atoms with E-state index in [0.29, 0.717) is 24.7 Å². The van der Waals surface area contributed by atoms with Gasteiger partial charge in [0.1, 0.15) is 23.9 Å². The molecule has 1 N–H and O–H groups in total. The predicted octanol–water partition coefficient (Wildman–Crippen LogP) is 3.81. The molecule has 1 amide bonds. The standard InChI is InChI=1S/C22H23NO4/c1-16(27-21-9-5-8-19(15-21)25-2)22(24)23-12-13-26-20-11-10-17-6-3-4-7-18(17)14-20/h3-11,14-16H,12-13H2,1-2H3,(H,23,24). The Labute approximate surface area is 158 Å². The van der Waals surface area contributed by atoms with Gasteiger partial charge in [-0.15, -0.1) is 0 Å². The maximum Gasteiger partial charge on any atom is 0.260 e. The third kappa shape index (κ3) is 5.14. The van der Waals surface area contributed by atoms with E-state index >= 15 is 0 Å². The van der Waals surface area contributed by atoms with Crippen molar-refractivity contribution in [3.05, 3.63) is 66.7 Å². The number of rotatable bonds is 8. The van der Waals surface area contributed by atoms with Crippen molar-refractivity contribution in [2.45, 2.75) is 13.0 Å². The number of fused-ring (bicyclic) bond motifs is 1. The van der Waals surface area contributed by atoms with Crippen LogP contribution in [0.25, 0.3) is 10.8 Å². The topological polar surface area (TPSA) is 56.8 Å². The van der Waals surface area contributed by atoms with Crippen LogP contribution in [0.1, 0.15) is 6.92 Å². The van der Waals surface area contributed by atoms with Crippen LogP contribution in [0.3, 0.4) is 0 Å². The minimum Gasteiger partial charge on any atom is -0.497 e. The first-order chi connectivity index (χ1) is 13.2. The van der Waals surface area contributed by atoms with Gasteiger partial charge >= 0.3 is 0 Å². The Balaban J connectivity index is 1.44. The summed E-state index contributed by atoms with van der Waals surface area (Å²) in [7, 11) is 1.59. The molecule has 0 heterocycles. The van der Waals surface area contributed by atoms with Gasteiger partial charge in [0.15, 0.2) is 6.10 Å². The molecule has 0 saturated heterocycles. The second-order valence-electron chi connectivity index (χ2n) is 6.09. The van der Waals surface area contributed by atoms with Crippen LogP contribution in [0, 0.1) is 0 Å². The SMILES string of the molecule is COc1cccc(OC(C)C(=O)NCCOc2ccc3ccccc3c2)c1. The van der Waals surface area contributed by atoms with Gasteiger partial charge in [-0.25, -0.2) is 0 Å². The summed E-state index contributed by atoms with van der Waals surface area (Å²) in [4.78, 5) is 12.2. The summed E-state index contributed by atoms with van der Waals surface area (Å²) >= 11 is 0. The summed E-state index contributed by atoms with van der Waals surface area (Å²) in [6.07, 6.45) is -0.613. The molecule has 0 aromatic heterocycles. The maximum atomic E-state index is 12.2. The molecular weight excluding hydrogens is 342 g/mol. The average Bonchev–Trinajstić information content (AvgIpc) is 2.71. The molecule has 3 aromatic rings. The van der Waals surface area contributed by atoms with Crippen LogP contribution in [0.5, 0.6) is 17.2 Å². The fourth-order valence-corrected chi connectivity index (χ4v) is 2.68. The highest BCUT2D eigenvalue weighted by atomic mass is 16.5. The van der Waals surface area contributed by atoms with Crippen LogP contribution in [0.15, 0.2) is 66.7 Å². The number of ether oxygens (including phenoxy) is 3. The lowest BCUT2D eigenvalue weighted by Crippen LogP contribution is -2.38. The van der Waals surface area contributed by atoms with Gasteiger partial charge in [-0.2, -0.15) is 0 Å². The van der Waals surface area contributed by atoms with Crippen molar-refractivity contribution in [3.8, 4) is 17.2 Å². The Hall–Kier alpha value is -3.21. The van der Waals surface area contributed by atoms with E-state index in [1.807, 2.05) is 48.5 Å². The molecule has 5 nitrogen and oxygen atoms in total. The molecule has 5 heteroatoms. The number of hydrogen-bond acceptors (Lipinski definition) is 4. The molecule has 3 aromatic carbocycles. The molecular formula is C22H23NO4. The highest BCUT2D eigenvalue weighted by molar-refractivity contribution is 5.83. The number of benzene rings is 3. The molecule has 0 aliphatic heterocycles. The Morgan fingerprint density at radius 1 is 0.926 bits per heavy atom. The van der Waals surface area contributed by atoms with Gasteiger partial charge in [-0.3, -0.25) is 4.79 Å². The first-order valence-corrected chi connectivity index (χ1v) is 8.86. The number of methoxy groups -OCH3 is 1. The molecule has 0 aliphatic carbocycles. The van der Waals surface area contributed by atoms with Gasteiger partial charge in [-0.05, 0) is 42.0 Å². The summed E-state index contributed by atoms with van der Waals surface area (Å²) in [6.45, 7) is 2.49. The number of carbonyl (C=O) groups is 1. The van der Waals surface area contributed by atoms with E-state index in [4.69, 9.17) is 14.2 Å². The van der Waals surface area contributed by atoms with Crippen LogP contribution in [0.4, 0.5) is 0 Å². The third-order valence-corrected chi connectivity index (χ3v) is 4.11. The van der Waals surface area contributed by atoms with E-state index in [0.717, 1.165) is 11.1 Å². The second-order valence-corrected chi connectivity index (χ2v) is 6.09. The molecule has 140 valence electrons. The highest BCUT2D eigenvalue weighted by Gasteiger charge is 2.14. The Kier molecular flexibility index (Phi) is 6.15. The minimum absolute atomic E-state index is 0.195. The number of hydrogen-bond donors (Lipinski definition) is 1. The van der Waals surface area contributed by atoms with Gasteiger partial charge < -0.3 is 19.5 Å². The fraction of sp³-hybridized carbons (Fsp3) is 0.227. The molecule has 1 atom stereocenters. The van der Waals surface area contributed by atoms with Crippen LogP contribution < -0.4 is 19.5 Å². The van der Waals surface area contributed by atoms with Crippen molar-refractivity contribution in [1.82, 2.24) is 5.32 Å². The monoisotopic (exact) mass is 365 g/mol. The average molecular weight is 365 g/mol. The largest absolute Gasteiger partial charge is 0.497 e. The summed E-state index contributed by atoms with van der Waals surface area (Å²) in [6, 6.07) is 21.2. The van der Waals surface area contributed by atoms with E-state index in [9.17, 15) is 4.79 Å². The molecule has 0 fully saturated rings. The van der Waals surface area contributed by atoms with Crippen LogP contribution in [-0.2, 0) is 4.79 Å². The Morgan fingerprint density at radius 2 is 1.70 bits per heavy atom.